The highest BCUT2D eigenvalue weighted by Gasteiger charge is 2.78. The second kappa shape index (κ2) is 11.0. The molecule has 2 aliphatic carbocycles. The van der Waals surface area contributed by atoms with Crippen LogP contribution in [0.4, 0.5) is 9.59 Å². The summed E-state index contributed by atoms with van der Waals surface area (Å²) in [7, 11) is 1.36. The summed E-state index contributed by atoms with van der Waals surface area (Å²) >= 11 is 0. The normalized spacial score (nSPS) is 31.8. The van der Waals surface area contributed by atoms with Crippen molar-refractivity contribution in [3.05, 3.63) is 34.7 Å². The maximum absolute atomic E-state index is 13.3. The molecule has 6 rings (SSSR count). The van der Waals surface area contributed by atoms with Gasteiger partial charge in [0.2, 0.25) is 18.4 Å². The summed E-state index contributed by atoms with van der Waals surface area (Å²) in [5, 5.41) is 0. The lowest BCUT2D eigenvalue weighted by Gasteiger charge is -2.40. The van der Waals surface area contributed by atoms with Gasteiger partial charge in [0.15, 0.2) is 5.72 Å². The predicted octanol–water partition coefficient (Wildman–Crippen LogP) is -0.570. The molecular formula is C29H33N5O11. The summed E-state index contributed by atoms with van der Waals surface area (Å²) < 4.78 is 21.5. The van der Waals surface area contributed by atoms with Crippen molar-refractivity contribution in [2.75, 3.05) is 33.6 Å². The average Bonchev–Trinajstić information content (AvgIpc) is 3.36. The van der Waals surface area contributed by atoms with Crippen LogP contribution in [0.1, 0.15) is 32.6 Å². The Morgan fingerprint density at radius 3 is 2.27 bits per heavy atom. The number of methoxy groups -OCH3 is 1. The van der Waals surface area contributed by atoms with Crippen molar-refractivity contribution < 1.29 is 52.5 Å². The Kier molecular flexibility index (Phi) is 7.42. The van der Waals surface area contributed by atoms with E-state index < -0.39 is 72.8 Å². The Morgan fingerprint density at radius 1 is 0.978 bits per heavy atom. The molecule has 0 spiro atoms. The number of imide groups is 1. The van der Waals surface area contributed by atoms with Crippen molar-refractivity contribution in [1.29, 1.82) is 0 Å². The molecule has 0 radical (unpaired) electrons. The van der Waals surface area contributed by atoms with Crippen LogP contribution in [0.3, 0.4) is 0 Å². The first-order chi connectivity index (χ1) is 21.4. The molecule has 16 nitrogen and oxygen atoms in total. The highest BCUT2D eigenvalue weighted by atomic mass is 16.7. The number of amides is 4. The standard InChI is InChI=1S/C29H33N5O11/c1-13-21(30)24(38)20-16(11-43-27(31)40)29(42-2)25-17(10-33(29)22(20)23(13)37)34(25)28(41)45-12-44-26(39)15-5-3-14(4-6-15)9-32-18(35)7-8-19(32)36/h7-8,14-17,25H,3-6,9-12,30H2,1-2H3,(H2,31,40)/t14?,15?,16-,17+,25+,29-,34?/m1/s1. The molecule has 4 atom stereocenters. The van der Waals surface area contributed by atoms with Gasteiger partial charge in [-0.3, -0.25) is 33.8 Å². The molecule has 45 heavy (non-hydrogen) atoms. The molecule has 0 aromatic heterocycles. The molecule has 0 aromatic rings. The number of hydrogen-bond donors (Lipinski definition) is 2. The van der Waals surface area contributed by atoms with Gasteiger partial charge in [0.05, 0.1) is 29.3 Å². The van der Waals surface area contributed by atoms with E-state index in [0.29, 0.717) is 32.2 Å². The van der Waals surface area contributed by atoms with Crippen molar-refractivity contribution in [3.63, 3.8) is 0 Å². The molecule has 4 aliphatic heterocycles. The first-order valence-corrected chi connectivity index (χ1v) is 14.6. The van der Waals surface area contributed by atoms with Crippen molar-refractivity contribution in [2.45, 2.75) is 50.4 Å². The van der Waals surface area contributed by atoms with Gasteiger partial charge in [-0.15, -0.1) is 0 Å². The fourth-order valence-electron chi connectivity index (χ4n) is 7.51. The number of hydrogen-bond acceptors (Lipinski definition) is 13. The van der Waals surface area contributed by atoms with Crippen LogP contribution >= 0.6 is 0 Å². The van der Waals surface area contributed by atoms with Gasteiger partial charge in [-0.2, -0.15) is 0 Å². The number of rotatable bonds is 8. The van der Waals surface area contributed by atoms with Crippen LogP contribution in [-0.2, 0) is 42.9 Å². The van der Waals surface area contributed by atoms with Crippen LogP contribution < -0.4 is 11.5 Å². The SMILES string of the molecule is CO[C@@]12[C@H](COC(N)=O)C3=C(C(=O)C(C)=C(N)C3=O)N1C[C@H]1[C@@H]2N1C(=O)OCOC(=O)C1CCC(CN2C(=O)C=CC2=O)CC1. The number of esters is 1. The molecule has 0 aromatic carbocycles. The fraction of sp³-hybridized carbons (Fsp3) is 0.552. The molecular weight excluding hydrogens is 594 g/mol. The minimum atomic E-state index is -1.45. The number of nitrogens with two attached hydrogens (primary N) is 2. The number of carbonyl (C=O) groups excluding carboxylic acids is 7. The summed E-state index contributed by atoms with van der Waals surface area (Å²) in [6, 6.07) is -1.16. The third-order valence-electron chi connectivity index (χ3n) is 9.80. The largest absolute Gasteiger partial charge is 0.449 e. The van der Waals surface area contributed by atoms with Gasteiger partial charge in [-0.25, -0.2) is 9.59 Å². The number of ether oxygens (including phenoxy) is 4. The molecule has 4 amide bonds. The number of nitrogens with zero attached hydrogens (tertiary/aromatic N) is 3. The predicted molar refractivity (Wildman–Crippen MR) is 148 cm³/mol. The molecule has 240 valence electrons. The second-order valence-electron chi connectivity index (χ2n) is 12.0. The summed E-state index contributed by atoms with van der Waals surface area (Å²) in [4.78, 5) is 91.7. The van der Waals surface area contributed by atoms with Crippen molar-refractivity contribution in [3.8, 4) is 0 Å². The van der Waals surface area contributed by atoms with Gasteiger partial charge in [0, 0.05) is 43.5 Å². The summed E-state index contributed by atoms with van der Waals surface area (Å²) in [6.07, 6.45) is 2.88. The number of carbonyl (C=O) groups is 7. The first-order valence-electron chi connectivity index (χ1n) is 14.6. The monoisotopic (exact) mass is 627 g/mol. The fourth-order valence-corrected chi connectivity index (χ4v) is 7.51. The van der Waals surface area contributed by atoms with E-state index in [1.807, 2.05) is 0 Å². The molecule has 0 unspecified atom stereocenters. The highest BCUT2D eigenvalue weighted by molar-refractivity contribution is 6.25. The first kappa shape index (κ1) is 30.3. The van der Waals surface area contributed by atoms with E-state index in [9.17, 15) is 33.6 Å². The number of allylic oxidation sites excluding steroid dienone is 2. The maximum Gasteiger partial charge on any atom is 0.413 e. The molecule has 4 N–H and O–H groups in total. The van der Waals surface area contributed by atoms with Crippen molar-refractivity contribution in [1.82, 2.24) is 14.7 Å². The lowest BCUT2D eigenvalue weighted by atomic mass is 9.82. The van der Waals surface area contributed by atoms with Crippen LogP contribution in [-0.4, -0.2) is 108 Å². The van der Waals surface area contributed by atoms with Gasteiger partial charge in [-0.1, -0.05) is 0 Å². The third-order valence-corrected chi connectivity index (χ3v) is 9.80. The molecule has 6 aliphatic rings. The average molecular weight is 628 g/mol. The maximum atomic E-state index is 13.3. The zero-order chi connectivity index (χ0) is 32.4. The number of fused-ring (bicyclic) bond motifs is 4. The molecule has 3 fully saturated rings. The van der Waals surface area contributed by atoms with Crippen LogP contribution in [0.15, 0.2) is 34.7 Å². The van der Waals surface area contributed by atoms with E-state index in [1.54, 1.807) is 4.90 Å². The zero-order valence-electron chi connectivity index (χ0n) is 24.7. The van der Waals surface area contributed by atoms with E-state index >= 15 is 0 Å². The van der Waals surface area contributed by atoms with E-state index in [2.05, 4.69) is 0 Å². The smallest absolute Gasteiger partial charge is 0.413 e. The number of ketones is 2. The van der Waals surface area contributed by atoms with Crippen molar-refractivity contribution in [2.24, 2.45) is 29.2 Å². The Bertz CT molecular complexity index is 1490. The third kappa shape index (κ3) is 4.65. The van der Waals surface area contributed by atoms with Crippen LogP contribution in [0.5, 0.6) is 0 Å². The van der Waals surface area contributed by atoms with Crippen molar-refractivity contribution >= 4 is 41.5 Å². The summed E-state index contributed by atoms with van der Waals surface area (Å²) in [6.45, 7) is 0.851. The number of primary amides is 1. The van der Waals surface area contributed by atoms with E-state index in [-0.39, 0.29) is 46.8 Å². The minimum Gasteiger partial charge on any atom is -0.449 e. The Balaban J connectivity index is 1.05. The van der Waals surface area contributed by atoms with Gasteiger partial charge >= 0.3 is 18.2 Å². The summed E-state index contributed by atoms with van der Waals surface area (Å²) in [5.74, 6) is -3.55. The lowest BCUT2D eigenvalue weighted by molar-refractivity contribution is -0.160. The summed E-state index contributed by atoms with van der Waals surface area (Å²) in [5.41, 5.74) is 9.69. The topological polar surface area (TPSA) is 218 Å². The number of piperazine rings is 1. The highest BCUT2D eigenvalue weighted by Crippen LogP contribution is 2.59. The second-order valence-corrected chi connectivity index (χ2v) is 12.0. The Morgan fingerprint density at radius 2 is 1.64 bits per heavy atom. The van der Waals surface area contributed by atoms with Crippen LogP contribution in [0.2, 0.25) is 0 Å². The Labute approximate surface area is 256 Å². The zero-order valence-corrected chi connectivity index (χ0v) is 24.7. The van der Waals surface area contributed by atoms with Gasteiger partial charge in [0.25, 0.3) is 11.8 Å². The van der Waals surface area contributed by atoms with Crippen LogP contribution in [0.25, 0.3) is 0 Å². The van der Waals surface area contributed by atoms with Crippen LogP contribution in [0, 0.1) is 17.8 Å². The Hall–Kier alpha value is -4.73. The van der Waals surface area contributed by atoms with Gasteiger partial charge in [-0.05, 0) is 38.5 Å². The molecule has 2 saturated heterocycles. The molecule has 4 heterocycles. The molecule has 16 heteroatoms. The van der Waals surface area contributed by atoms with E-state index in [1.165, 1.54) is 36.0 Å². The van der Waals surface area contributed by atoms with Gasteiger partial charge in [0.1, 0.15) is 12.6 Å². The lowest BCUT2D eigenvalue weighted by Crippen LogP contribution is -2.56. The van der Waals surface area contributed by atoms with E-state index in [4.69, 9.17) is 30.4 Å². The van der Waals surface area contributed by atoms with E-state index in [0.717, 1.165) is 0 Å². The van der Waals surface area contributed by atoms with Gasteiger partial charge < -0.3 is 35.3 Å². The molecule has 1 saturated carbocycles. The quantitative estimate of drug-likeness (QED) is 0.113. The molecule has 0 bridgehead atoms. The number of Topliss-reactive ketones (excluding diaryl/α,β-unsaturated/α-hetero) is 2. The minimum absolute atomic E-state index is 0.0313.